The molecule has 21 heavy (non-hydrogen) atoms. The average Bonchev–Trinajstić information content (AvgIpc) is 2.45. The predicted octanol–water partition coefficient (Wildman–Crippen LogP) is 3.71. The van der Waals surface area contributed by atoms with Gasteiger partial charge in [0.1, 0.15) is 6.61 Å². The zero-order valence-corrected chi connectivity index (χ0v) is 14.1. The molecule has 0 atom stereocenters. The minimum Gasteiger partial charge on any atom is -0.472 e. The summed E-state index contributed by atoms with van der Waals surface area (Å²) in [5.41, 5.74) is 2.05. The fourth-order valence-electron chi connectivity index (χ4n) is 1.64. The van der Waals surface area contributed by atoms with Gasteiger partial charge in [0.05, 0.1) is 5.69 Å². The van der Waals surface area contributed by atoms with Gasteiger partial charge in [-0.3, -0.25) is 0 Å². The van der Waals surface area contributed by atoms with Crippen LogP contribution in [0.15, 0.2) is 40.9 Å². The molecule has 0 aliphatic carbocycles. The van der Waals surface area contributed by atoms with Crippen molar-refractivity contribution in [3.63, 3.8) is 0 Å². The van der Waals surface area contributed by atoms with Crippen molar-refractivity contribution in [3.8, 4) is 5.88 Å². The Kier molecular flexibility index (Phi) is 5.31. The Morgan fingerprint density at radius 3 is 2.48 bits per heavy atom. The van der Waals surface area contributed by atoms with Crippen LogP contribution in [0.2, 0.25) is 0 Å². The molecule has 4 nitrogen and oxygen atoms in total. The second-order valence-corrected chi connectivity index (χ2v) is 6.70. The predicted molar refractivity (Wildman–Crippen MR) is 87.1 cm³/mol. The van der Waals surface area contributed by atoms with E-state index in [1.807, 2.05) is 36.4 Å². The maximum absolute atomic E-state index is 5.65. The van der Waals surface area contributed by atoms with Gasteiger partial charge in [-0.1, -0.05) is 34.1 Å². The molecule has 2 aromatic rings. The van der Waals surface area contributed by atoms with Crippen molar-refractivity contribution in [3.05, 3.63) is 52.1 Å². The van der Waals surface area contributed by atoms with E-state index in [4.69, 9.17) is 4.74 Å². The van der Waals surface area contributed by atoms with E-state index < -0.39 is 0 Å². The first-order chi connectivity index (χ1) is 9.94. The monoisotopic (exact) mass is 349 g/mol. The van der Waals surface area contributed by atoms with Crippen LogP contribution in [-0.2, 0) is 13.2 Å². The topological polar surface area (TPSA) is 47.0 Å². The maximum Gasteiger partial charge on any atom is 0.233 e. The van der Waals surface area contributed by atoms with E-state index in [9.17, 15) is 0 Å². The van der Waals surface area contributed by atoms with E-state index in [0.717, 1.165) is 15.7 Å². The highest BCUT2D eigenvalue weighted by Crippen LogP contribution is 2.17. The molecule has 1 aromatic carbocycles. The van der Waals surface area contributed by atoms with E-state index in [0.29, 0.717) is 19.0 Å². The van der Waals surface area contributed by atoms with E-state index in [2.05, 4.69) is 52.2 Å². The van der Waals surface area contributed by atoms with Gasteiger partial charge in [-0.2, -0.15) is 5.10 Å². The molecule has 0 fully saturated rings. The number of hydrogen-bond acceptors (Lipinski definition) is 4. The fraction of sp³-hybridized carbons (Fsp3) is 0.375. The van der Waals surface area contributed by atoms with Crippen LogP contribution in [0.5, 0.6) is 5.88 Å². The number of rotatable bonds is 5. The molecule has 0 spiro atoms. The minimum absolute atomic E-state index is 0.0659. The SMILES string of the molecule is CC(C)(C)NCc1ccc(OCc2ccccc2Br)nn1. The average molecular weight is 350 g/mol. The van der Waals surface area contributed by atoms with Crippen LogP contribution in [0.3, 0.4) is 0 Å². The van der Waals surface area contributed by atoms with E-state index in [-0.39, 0.29) is 5.54 Å². The molecule has 5 heteroatoms. The van der Waals surface area contributed by atoms with Crippen LogP contribution in [0.25, 0.3) is 0 Å². The Morgan fingerprint density at radius 2 is 1.86 bits per heavy atom. The Hall–Kier alpha value is -1.46. The summed E-state index contributed by atoms with van der Waals surface area (Å²) >= 11 is 3.50. The lowest BCUT2D eigenvalue weighted by atomic mass is 10.1. The molecule has 0 radical (unpaired) electrons. The number of nitrogens with one attached hydrogen (secondary N) is 1. The van der Waals surface area contributed by atoms with E-state index in [1.165, 1.54) is 0 Å². The molecule has 0 unspecified atom stereocenters. The Morgan fingerprint density at radius 1 is 1.10 bits per heavy atom. The first-order valence-corrected chi connectivity index (χ1v) is 7.67. The molecular weight excluding hydrogens is 330 g/mol. The normalized spacial score (nSPS) is 11.4. The quantitative estimate of drug-likeness (QED) is 0.893. The van der Waals surface area contributed by atoms with Crippen molar-refractivity contribution in [2.24, 2.45) is 0 Å². The second-order valence-electron chi connectivity index (χ2n) is 5.85. The Labute approximate surface area is 134 Å². The summed E-state index contributed by atoms with van der Waals surface area (Å²) in [5, 5.41) is 11.6. The van der Waals surface area contributed by atoms with Crippen LogP contribution >= 0.6 is 15.9 Å². The minimum atomic E-state index is 0.0659. The summed E-state index contributed by atoms with van der Waals surface area (Å²) in [6.07, 6.45) is 0. The molecule has 1 aromatic heterocycles. The van der Waals surface area contributed by atoms with Crippen molar-refractivity contribution in [2.45, 2.75) is 39.5 Å². The van der Waals surface area contributed by atoms with Gasteiger partial charge >= 0.3 is 0 Å². The maximum atomic E-state index is 5.65. The van der Waals surface area contributed by atoms with E-state index >= 15 is 0 Å². The van der Waals surface area contributed by atoms with Crippen LogP contribution in [0.1, 0.15) is 32.0 Å². The van der Waals surface area contributed by atoms with Crippen LogP contribution in [0.4, 0.5) is 0 Å². The third-order valence-electron chi connectivity index (χ3n) is 2.83. The Bertz CT molecular complexity index is 579. The van der Waals surface area contributed by atoms with E-state index in [1.54, 1.807) is 0 Å². The van der Waals surface area contributed by atoms with Gasteiger partial charge in [-0.05, 0) is 32.9 Å². The van der Waals surface area contributed by atoms with Gasteiger partial charge in [0.15, 0.2) is 0 Å². The summed E-state index contributed by atoms with van der Waals surface area (Å²) < 4.78 is 6.68. The molecule has 0 saturated carbocycles. The molecule has 0 bridgehead atoms. The van der Waals surface area contributed by atoms with Crippen molar-refractivity contribution < 1.29 is 4.74 Å². The van der Waals surface area contributed by atoms with Gasteiger partial charge < -0.3 is 10.1 Å². The molecule has 1 N–H and O–H groups in total. The number of hydrogen-bond donors (Lipinski definition) is 1. The summed E-state index contributed by atoms with van der Waals surface area (Å²) in [6, 6.07) is 11.7. The highest BCUT2D eigenvalue weighted by Gasteiger charge is 2.09. The van der Waals surface area contributed by atoms with Gasteiger partial charge in [0.2, 0.25) is 5.88 Å². The molecule has 0 amide bonds. The summed E-state index contributed by atoms with van der Waals surface area (Å²) in [5.74, 6) is 0.533. The number of benzene rings is 1. The lowest BCUT2D eigenvalue weighted by molar-refractivity contribution is 0.289. The van der Waals surface area contributed by atoms with Gasteiger partial charge in [-0.15, -0.1) is 5.10 Å². The number of halogens is 1. The third-order valence-corrected chi connectivity index (χ3v) is 3.60. The molecule has 1 heterocycles. The van der Waals surface area contributed by atoms with Gasteiger partial charge in [0, 0.05) is 28.2 Å². The third kappa shape index (κ3) is 5.44. The molecule has 0 aliphatic heterocycles. The second kappa shape index (κ2) is 7.00. The fourth-order valence-corrected chi connectivity index (χ4v) is 2.04. The zero-order valence-electron chi connectivity index (χ0n) is 12.6. The highest BCUT2D eigenvalue weighted by atomic mass is 79.9. The highest BCUT2D eigenvalue weighted by molar-refractivity contribution is 9.10. The van der Waals surface area contributed by atoms with Crippen molar-refractivity contribution >= 4 is 15.9 Å². The summed E-state index contributed by atoms with van der Waals surface area (Å²) in [4.78, 5) is 0. The van der Waals surface area contributed by atoms with Gasteiger partial charge in [0.25, 0.3) is 0 Å². The zero-order chi connectivity index (χ0) is 15.3. The molecule has 112 valence electrons. The summed E-state index contributed by atoms with van der Waals surface area (Å²) in [6.45, 7) is 7.53. The molecule has 0 saturated heterocycles. The Balaban J connectivity index is 1.89. The molecule has 0 aliphatic rings. The van der Waals surface area contributed by atoms with Gasteiger partial charge in [-0.25, -0.2) is 0 Å². The lowest BCUT2D eigenvalue weighted by Crippen LogP contribution is -2.35. The van der Waals surface area contributed by atoms with Crippen LogP contribution in [0, 0.1) is 0 Å². The lowest BCUT2D eigenvalue weighted by Gasteiger charge is -2.19. The van der Waals surface area contributed by atoms with Crippen molar-refractivity contribution in [1.29, 1.82) is 0 Å². The van der Waals surface area contributed by atoms with Crippen molar-refractivity contribution in [2.75, 3.05) is 0 Å². The van der Waals surface area contributed by atoms with Crippen molar-refractivity contribution in [1.82, 2.24) is 15.5 Å². The number of ether oxygens (including phenoxy) is 1. The van der Waals surface area contributed by atoms with Crippen LogP contribution < -0.4 is 10.1 Å². The largest absolute Gasteiger partial charge is 0.472 e. The smallest absolute Gasteiger partial charge is 0.233 e. The first kappa shape index (κ1) is 15.9. The van der Waals surface area contributed by atoms with Crippen LogP contribution in [-0.4, -0.2) is 15.7 Å². The molecular formula is C16H20BrN3O. The molecule has 2 rings (SSSR count). The first-order valence-electron chi connectivity index (χ1n) is 6.88. The summed E-state index contributed by atoms with van der Waals surface area (Å²) in [7, 11) is 0. The number of nitrogens with zero attached hydrogens (tertiary/aromatic N) is 2. The number of aromatic nitrogens is 2. The standard InChI is InChI=1S/C16H20BrN3O/c1-16(2,3)18-10-13-8-9-15(20-19-13)21-11-12-6-4-5-7-14(12)17/h4-9,18H,10-11H2,1-3H3.